The summed E-state index contributed by atoms with van der Waals surface area (Å²) in [5.74, 6) is -1.52. The molecule has 0 spiro atoms. The van der Waals surface area contributed by atoms with Crippen molar-refractivity contribution in [2.24, 2.45) is 0 Å². The van der Waals surface area contributed by atoms with Gasteiger partial charge < -0.3 is 24.8 Å². The van der Waals surface area contributed by atoms with Gasteiger partial charge in [-0.2, -0.15) is 5.10 Å². The second-order valence-corrected chi connectivity index (χ2v) is 12.7. The van der Waals surface area contributed by atoms with Crippen molar-refractivity contribution >= 4 is 40.4 Å². The first-order chi connectivity index (χ1) is 23.9. The van der Waals surface area contributed by atoms with Gasteiger partial charge >= 0.3 is 11.8 Å². The maximum Gasteiger partial charge on any atom is 0.411 e. The Morgan fingerprint density at radius 1 is 1.02 bits per heavy atom. The molecule has 5 aromatic rings. The average molecular weight is 680 g/mol. The van der Waals surface area contributed by atoms with E-state index in [0.717, 1.165) is 10.9 Å². The molecule has 0 bridgehead atoms. The minimum atomic E-state index is -1.21. The van der Waals surface area contributed by atoms with Crippen molar-refractivity contribution in [3.63, 3.8) is 0 Å². The second kappa shape index (κ2) is 12.3. The Morgan fingerprint density at radius 2 is 1.82 bits per heavy atom. The van der Waals surface area contributed by atoms with Crippen LogP contribution in [0.2, 0.25) is 0 Å². The number of aromatic hydroxyl groups is 2. The van der Waals surface area contributed by atoms with Crippen LogP contribution in [-0.4, -0.2) is 76.0 Å². The minimum Gasteiger partial charge on any atom is -0.508 e. The van der Waals surface area contributed by atoms with Gasteiger partial charge in [-0.25, -0.2) is 19.3 Å². The number of amides is 4. The quantitative estimate of drug-likeness (QED) is 0.152. The molecule has 2 aliphatic heterocycles. The first-order valence-electron chi connectivity index (χ1n) is 16.0. The van der Waals surface area contributed by atoms with Crippen LogP contribution in [0.5, 0.6) is 11.5 Å². The van der Waals surface area contributed by atoms with Gasteiger partial charge in [0.25, 0.3) is 5.91 Å². The molecule has 0 saturated carbocycles. The number of carbonyl (C=O) groups is 4. The van der Waals surface area contributed by atoms with E-state index in [9.17, 15) is 39.3 Å². The van der Waals surface area contributed by atoms with Crippen molar-refractivity contribution in [1.82, 2.24) is 29.5 Å². The van der Waals surface area contributed by atoms with E-state index >= 15 is 0 Å². The van der Waals surface area contributed by atoms with Gasteiger partial charge in [0.2, 0.25) is 11.8 Å². The zero-order valence-electron chi connectivity index (χ0n) is 27.1. The van der Waals surface area contributed by atoms with E-state index in [2.05, 4.69) is 15.5 Å². The van der Waals surface area contributed by atoms with Gasteiger partial charge in [0.15, 0.2) is 5.82 Å². The molecular formula is C35H33N7O8. The molecule has 1 atom stereocenters. The Bertz CT molecular complexity index is 2280. The number of H-pyrrole nitrogens is 1. The predicted molar refractivity (Wildman–Crippen MR) is 180 cm³/mol. The van der Waals surface area contributed by atoms with Crippen molar-refractivity contribution < 1.29 is 34.5 Å². The van der Waals surface area contributed by atoms with Crippen LogP contribution in [0.15, 0.2) is 65.6 Å². The summed E-state index contributed by atoms with van der Waals surface area (Å²) in [7, 11) is 0. The van der Waals surface area contributed by atoms with Crippen LogP contribution < -0.4 is 15.9 Å². The number of aromatic amines is 1. The van der Waals surface area contributed by atoms with Gasteiger partial charge in [0.1, 0.15) is 17.5 Å². The maximum absolute atomic E-state index is 13.3. The Hall–Kier alpha value is -6.38. The summed E-state index contributed by atoms with van der Waals surface area (Å²) >= 11 is 0. The monoisotopic (exact) mass is 679 g/mol. The smallest absolute Gasteiger partial charge is 0.411 e. The van der Waals surface area contributed by atoms with E-state index < -0.39 is 35.5 Å². The van der Waals surface area contributed by atoms with Crippen molar-refractivity contribution in [2.45, 2.75) is 51.7 Å². The number of anilines is 1. The summed E-state index contributed by atoms with van der Waals surface area (Å²) < 4.78 is 3.20. The topological polar surface area (TPSA) is 203 Å². The Balaban J connectivity index is 1.15. The van der Waals surface area contributed by atoms with Crippen LogP contribution in [0.1, 0.15) is 54.1 Å². The molecular weight excluding hydrogens is 646 g/mol. The highest BCUT2D eigenvalue weighted by Gasteiger charge is 2.40. The molecule has 256 valence electrons. The molecule has 2 aliphatic rings. The molecule has 50 heavy (non-hydrogen) atoms. The predicted octanol–water partition coefficient (Wildman–Crippen LogP) is 3.66. The number of nitrogens with zero attached hydrogens (tertiary/aromatic N) is 5. The number of carboxylic acid groups (broad SMARTS) is 1. The molecule has 15 nitrogen and oxygen atoms in total. The number of rotatable bonds is 8. The third kappa shape index (κ3) is 5.41. The molecule has 3 aromatic carbocycles. The van der Waals surface area contributed by atoms with Gasteiger partial charge in [0.05, 0.1) is 16.9 Å². The lowest BCUT2D eigenvalue weighted by Crippen LogP contribution is -2.52. The average Bonchev–Trinajstić information content (AvgIpc) is 3.76. The molecule has 0 radical (unpaired) electrons. The lowest BCUT2D eigenvalue weighted by atomic mass is 9.98. The number of piperidine rings is 1. The van der Waals surface area contributed by atoms with Crippen LogP contribution in [0.25, 0.3) is 28.0 Å². The summed E-state index contributed by atoms with van der Waals surface area (Å²) in [5, 5.41) is 40.9. The third-order valence-electron chi connectivity index (χ3n) is 9.34. The highest BCUT2D eigenvalue weighted by Crippen LogP contribution is 2.38. The van der Waals surface area contributed by atoms with Crippen molar-refractivity contribution in [2.75, 3.05) is 11.4 Å². The van der Waals surface area contributed by atoms with Crippen LogP contribution in [0, 0.1) is 0 Å². The zero-order valence-corrected chi connectivity index (χ0v) is 27.1. The van der Waals surface area contributed by atoms with Crippen molar-refractivity contribution in [3.05, 3.63) is 88.0 Å². The molecule has 2 aromatic heterocycles. The van der Waals surface area contributed by atoms with Crippen LogP contribution >= 0.6 is 0 Å². The van der Waals surface area contributed by atoms with E-state index in [1.165, 1.54) is 20.4 Å². The van der Waals surface area contributed by atoms with E-state index in [4.69, 9.17) is 0 Å². The zero-order chi connectivity index (χ0) is 35.4. The van der Waals surface area contributed by atoms with Crippen LogP contribution in [0.3, 0.4) is 0 Å². The lowest BCUT2D eigenvalue weighted by Gasteiger charge is -2.29. The van der Waals surface area contributed by atoms with Gasteiger partial charge in [0, 0.05) is 60.3 Å². The van der Waals surface area contributed by atoms with E-state index in [-0.39, 0.29) is 61.3 Å². The number of nitrogens with one attached hydrogen (secondary N) is 2. The Morgan fingerprint density at radius 3 is 2.56 bits per heavy atom. The first kappa shape index (κ1) is 32.2. The highest BCUT2D eigenvalue weighted by atomic mass is 16.4. The fourth-order valence-corrected chi connectivity index (χ4v) is 6.82. The number of phenolic OH excluding ortho intramolecular Hbond substituents is 2. The molecule has 5 N–H and O–H groups in total. The highest BCUT2D eigenvalue weighted by molar-refractivity contribution is 6.06. The SMILES string of the molecule is CC(C)c1cc(-c2n[nH]c(=O)n2-c2ccc3c(ccn3CCN(C(=O)O)c3cccc4c3CN(C3CCC(=O)NC3=O)C4=O)c2)c(O)cc1O. The van der Waals surface area contributed by atoms with Crippen molar-refractivity contribution in [1.29, 1.82) is 0 Å². The number of fused-ring (bicyclic) bond motifs is 2. The maximum atomic E-state index is 13.3. The molecule has 1 saturated heterocycles. The van der Waals surface area contributed by atoms with Crippen LogP contribution in [-0.2, 0) is 22.7 Å². The molecule has 4 amide bonds. The fraction of sp³-hybridized carbons (Fsp3) is 0.257. The standard InChI is InChI=1S/C35H33N7O8/c1-18(2)22-15-23(29(44)16-28(22)43)31-37-38-34(48)42(31)20-6-7-25-19(14-20)10-11-39(25)12-13-40(35(49)50)26-5-3-4-21-24(26)17-41(33(21)47)27-8-9-30(45)36-32(27)46/h3-7,10-11,14-16,18,27,43-44H,8-9,12-13,17H2,1-2H3,(H,38,48)(H,49,50)(H,36,45,46). The van der Waals surface area contributed by atoms with Gasteiger partial charge in [-0.05, 0) is 60.4 Å². The molecule has 15 heteroatoms. The van der Waals surface area contributed by atoms with Crippen molar-refractivity contribution in [3.8, 4) is 28.6 Å². The fourth-order valence-electron chi connectivity index (χ4n) is 6.82. The number of aromatic nitrogens is 4. The number of hydrogen-bond acceptors (Lipinski definition) is 8. The van der Waals surface area contributed by atoms with Crippen LogP contribution in [0.4, 0.5) is 10.5 Å². The molecule has 1 unspecified atom stereocenters. The number of imide groups is 1. The number of phenols is 2. The number of carbonyl (C=O) groups excluding carboxylic acids is 3. The van der Waals surface area contributed by atoms with E-state index in [1.54, 1.807) is 48.7 Å². The largest absolute Gasteiger partial charge is 0.508 e. The van der Waals surface area contributed by atoms with Gasteiger partial charge in [-0.15, -0.1) is 0 Å². The normalized spacial score (nSPS) is 15.9. The summed E-state index contributed by atoms with van der Waals surface area (Å²) in [6, 6.07) is 14.0. The van der Waals surface area contributed by atoms with Gasteiger partial charge in [-0.3, -0.25) is 24.6 Å². The summed E-state index contributed by atoms with van der Waals surface area (Å²) in [5.41, 5.74) is 2.71. The molecule has 7 rings (SSSR count). The third-order valence-corrected chi connectivity index (χ3v) is 9.34. The second-order valence-electron chi connectivity index (χ2n) is 12.7. The van der Waals surface area contributed by atoms with Gasteiger partial charge in [-0.1, -0.05) is 19.9 Å². The lowest BCUT2D eigenvalue weighted by molar-refractivity contribution is -0.136. The number of benzene rings is 3. The van der Waals surface area contributed by atoms with E-state index in [1.807, 2.05) is 24.5 Å². The molecule has 4 heterocycles. The summed E-state index contributed by atoms with van der Waals surface area (Å²) in [6.45, 7) is 4.11. The summed E-state index contributed by atoms with van der Waals surface area (Å²) in [6.07, 6.45) is 0.893. The number of hydrogen-bond donors (Lipinski definition) is 5. The van der Waals surface area contributed by atoms with E-state index in [0.29, 0.717) is 28.1 Å². The molecule has 0 aliphatic carbocycles. The summed E-state index contributed by atoms with van der Waals surface area (Å²) in [4.78, 5) is 65.6. The Kier molecular flexibility index (Phi) is 7.89. The first-order valence-corrected chi connectivity index (χ1v) is 16.0. The minimum absolute atomic E-state index is 0.0334. The Labute approximate surface area is 284 Å². The molecule has 1 fully saturated rings.